The Balaban J connectivity index is 2.76. The highest BCUT2D eigenvalue weighted by molar-refractivity contribution is 5.80. The van der Waals surface area contributed by atoms with Gasteiger partial charge in [-0.3, -0.25) is 4.79 Å². The van der Waals surface area contributed by atoms with Gasteiger partial charge in [0.1, 0.15) is 5.54 Å². The van der Waals surface area contributed by atoms with Crippen molar-refractivity contribution in [1.29, 1.82) is 0 Å². The summed E-state index contributed by atoms with van der Waals surface area (Å²) in [7, 11) is 3.11. The van der Waals surface area contributed by atoms with Crippen molar-refractivity contribution in [3.8, 4) is 0 Å². The molecule has 0 amide bonds. The topological polar surface area (TPSA) is 67.0 Å². The highest BCUT2D eigenvalue weighted by Gasteiger charge is 2.33. The van der Waals surface area contributed by atoms with E-state index in [2.05, 4.69) is 15.3 Å². The minimum Gasteiger partial charge on any atom is -0.468 e. The van der Waals surface area contributed by atoms with Gasteiger partial charge in [-0.25, -0.2) is 4.98 Å². The number of aromatic nitrogens is 2. The summed E-state index contributed by atoms with van der Waals surface area (Å²) in [6, 6.07) is 0. The van der Waals surface area contributed by atoms with Gasteiger partial charge in [-0.2, -0.15) is 0 Å². The molecule has 0 aliphatic rings. The summed E-state index contributed by atoms with van der Waals surface area (Å²) in [6.45, 7) is 1.79. The van der Waals surface area contributed by atoms with Crippen molar-refractivity contribution in [2.75, 3.05) is 14.2 Å². The van der Waals surface area contributed by atoms with Crippen molar-refractivity contribution in [1.82, 2.24) is 15.3 Å². The molecule has 0 unspecified atom stereocenters. The monoisotopic (exact) mass is 197 g/mol. The van der Waals surface area contributed by atoms with Gasteiger partial charge >= 0.3 is 5.97 Å². The highest BCUT2D eigenvalue weighted by Crippen LogP contribution is 2.12. The van der Waals surface area contributed by atoms with Crippen molar-refractivity contribution in [2.24, 2.45) is 0 Å². The molecule has 5 heteroatoms. The van der Waals surface area contributed by atoms with Gasteiger partial charge in [0.25, 0.3) is 0 Å². The molecule has 0 aromatic carbocycles. The fraction of sp³-hybridized carbons (Fsp3) is 0.556. The van der Waals surface area contributed by atoms with Crippen molar-refractivity contribution in [2.45, 2.75) is 18.9 Å². The molecule has 1 aromatic heterocycles. The number of imidazole rings is 1. The van der Waals surface area contributed by atoms with Crippen LogP contribution >= 0.6 is 0 Å². The molecule has 78 valence electrons. The quantitative estimate of drug-likeness (QED) is 0.672. The van der Waals surface area contributed by atoms with E-state index in [4.69, 9.17) is 4.74 Å². The number of ether oxygens (including phenoxy) is 1. The summed E-state index contributed by atoms with van der Waals surface area (Å²) in [6.07, 6.45) is 3.80. The molecule has 0 spiro atoms. The smallest absolute Gasteiger partial charge is 0.326 e. The van der Waals surface area contributed by atoms with Crippen LogP contribution in [0.15, 0.2) is 12.5 Å². The zero-order valence-corrected chi connectivity index (χ0v) is 8.63. The third kappa shape index (κ3) is 2.11. The zero-order valence-electron chi connectivity index (χ0n) is 8.63. The standard InChI is InChI=1S/C9H15N3O2/c1-9(10-2,8(13)14-3)4-7-5-11-6-12-7/h5-6,10H,4H2,1-3H3,(H,11,12)/t9-/m0/s1. The molecule has 0 fully saturated rings. The summed E-state index contributed by atoms with van der Waals surface area (Å²) in [5.74, 6) is -0.283. The van der Waals surface area contributed by atoms with Crippen LogP contribution in [0, 0.1) is 0 Å². The first-order valence-electron chi connectivity index (χ1n) is 4.37. The van der Waals surface area contributed by atoms with Crippen LogP contribution in [0.2, 0.25) is 0 Å². The fourth-order valence-corrected chi connectivity index (χ4v) is 1.25. The van der Waals surface area contributed by atoms with Gasteiger partial charge in [-0.15, -0.1) is 0 Å². The van der Waals surface area contributed by atoms with E-state index in [9.17, 15) is 4.79 Å². The molecule has 0 saturated carbocycles. The van der Waals surface area contributed by atoms with Crippen molar-refractivity contribution in [3.63, 3.8) is 0 Å². The molecular formula is C9H15N3O2. The van der Waals surface area contributed by atoms with Crippen LogP contribution in [-0.2, 0) is 16.0 Å². The molecule has 1 rings (SSSR count). The molecule has 0 radical (unpaired) electrons. The number of esters is 1. The number of nitrogens with zero attached hydrogens (tertiary/aromatic N) is 1. The number of likely N-dealkylation sites (N-methyl/N-ethyl adjacent to an activating group) is 1. The molecule has 2 N–H and O–H groups in total. The second kappa shape index (κ2) is 4.23. The van der Waals surface area contributed by atoms with Gasteiger partial charge in [0.15, 0.2) is 0 Å². The van der Waals surface area contributed by atoms with E-state index in [0.29, 0.717) is 6.42 Å². The number of hydrogen-bond donors (Lipinski definition) is 2. The van der Waals surface area contributed by atoms with Crippen LogP contribution in [0.1, 0.15) is 12.6 Å². The maximum Gasteiger partial charge on any atom is 0.326 e. The SMILES string of the molecule is CN[C@@](C)(Cc1cnc[nH]1)C(=O)OC. The number of hydrogen-bond acceptors (Lipinski definition) is 4. The van der Waals surface area contributed by atoms with E-state index in [1.807, 2.05) is 0 Å². The first kappa shape index (κ1) is 10.7. The van der Waals surface area contributed by atoms with Gasteiger partial charge in [0.2, 0.25) is 0 Å². The third-order valence-corrected chi connectivity index (χ3v) is 2.29. The molecule has 0 bridgehead atoms. The summed E-state index contributed by atoms with van der Waals surface area (Å²) in [5.41, 5.74) is 0.189. The van der Waals surface area contributed by atoms with Crippen molar-refractivity contribution < 1.29 is 9.53 Å². The second-order valence-electron chi connectivity index (χ2n) is 3.33. The third-order valence-electron chi connectivity index (χ3n) is 2.29. The summed E-state index contributed by atoms with van der Waals surface area (Å²) in [5, 5.41) is 2.95. The molecule has 14 heavy (non-hydrogen) atoms. The van der Waals surface area contributed by atoms with Crippen LogP contribution in [0.4, 0.5) is 0 Å². The van der Waals surface area contributed by atoms with Crippen LogP contribution < -0.4 is 5.32 Å². The minimum atomic E-state index is -0.707. The van der Waals surface area contributed by atoms with Gasteiger partial charge in [0, 0.05) is 18.3 Å². The lowest BCUT2D eigenvalue weighted by molar-refractivity contribution is -0.147. The van der Waals surface area contributed by atoms with E-state index in [0.717, 1.165) is 5.69 Å². The number of carbonyl (C=O) groups excluding carboxylic acids is 1. The number of aromatic amines is 1. The first-order valence-corrected chi connectivity index (χ1v) is 4.37. The molecule has 0 aliphatic carbocycles. The van der Waals surface area contributed by atoms with E-state index in [1.54, 1.807) is 26.5 Å². The Labute approximate surface area is 82.9 Å². The van der Waals surface area contributed by atoms with Gasteiger partial charge in [-0.1, -0.05) is 0 Å². The second-order valence-corrected chi connectivity index (χ2v) is 3.33. The number of carbonyl (C=O) groups is 1. The van der Waals surface area contributed by atoms with Crippen molar-refractivity contribution in [3.05, 3.63) is 18.2 Å². The first-order chi connectivity index (χ1) is 6.62. The van der Waals surface area contributed by atoms with Crippen LogP contribution in [0.25, 0.3) is 0 Å². The predicted molar refractivity (Wildman–Crippen MR) is 51.8 cm³/mol. The molecule has 1 aromatic rings. The molecule has 0 saturated heterocycles. The largest absolute Gasteiger partial charge is 0.468 e. The van der Waals surface area contributed by atoms with E-state index in [1.165, 1.54) is 7.11 Å². The zero-order chi connectivity index (χ0) is 10.6. The predicted octanol–water partition coefficient (Wildman–Crippen LogP) is 0.103. The highest BCUT2D eigenvalue weighted by atomic mass is 16.5. The lowest BCUT2D eigenvalue weighted by atomic mass is 9.96. The van der Waals surface area contributed by atoms with E-state index in [-0.39, 0.29) is 5.97 Å². The Morgan fingerprint density at radius 2 is 2.50 bits per heavy atom. The van der Waals surface area contributed by atoms with Gasteiger partial charge in [-0.05, 0) is 14.0 Å². The Kier molecular flexibility index (Phi) is 3.24. The van der Waals surface area contributed by atoms with E-state index < -0.39 is 5.54 Å². The maximum absolute atomic E-state index is 11.5. The minimum absolute atomic E-state index is 0.283. The molecule has 1 heterocycles. The van der Waals surface area contributed by atoms with E-state index >= 15 is 0 Å². The summed E-state index contributed by atoms with van der Waals surface area (Å²) >= 11 is 0. The van der Waals surface area contributed by atoms with Crippen LogP contribution in [0.3, 0.4) is 0 Å². The Morgan fingerprint density at radius 1 is 1.79 bits per heavy atom. The molecule has 5 nitrogen and oxygen atoms in total. The average Bonchev–Trinajstić information content (AvgIpc) is 2.68. The van der Waals surface area contributed by atoms with Crippen LogP contribution in [-0.4, -0.2) is 35.6 Å². The molecule has 1 atom stereocenters. The Morgan fingerprint density at radius 3 is 2.93 bits per heavy atom. The maximum atomic E-state index is 11.5. The lowest BCUT2D eigenvalue weighted by Crippen LogP contribution is -2.50. The van der Waals surface area contributed by atoms with Crippen LogP contribution in [0.5, 0.6) is 0 Å². The van der Waals surface area contributed by atoms with Crippen molar-refractivity contribution >= 4 is 5.97 Å². The summed E-state index contributed by atoms with van der Waals surface area (Å²) < 4.78 is 4.72. The lowest BCUT2D eigenvalue weighted by Gasteiger charge is -2.25. The molecule has 0 aliphatic heterocycles. The number of methoxy groups -OCH3 is 1. The normalized spacial score (nSPS) is 14.8. The fourth-order valence-electron chi connectivity index (χ4n) is 1.25. The molecular weight excluding hydrogens is 182 g/mol. The van der Waals surface area contributed by atoms with Gasteiger partial charge in [0.05, 0.1) is 13.4 Å². The number of nitrogens with one attached hydrogen (secondary N) is 2. The number of H-pyrrole nitrogens is 1. The van der Waals surface area contributed by atoms with Gasteiger partial charge < -0.3 is 15.0 Å². The number of rotatable bonds is 4. The average molecular weight is 197 g/mol. The summed E-state index contributed by atoms with van der Waals surface area (Å²) in [4.78, 5) is 18.3. The Bertz CT molecular complexity index is 297. The Hall–Kier alpha value is -1.36.